The topological polar surface area (TPSA) is 128 Å². The van der Waals surface area contributed by atoms with Crippen LogP contribution in [-0.2, 0) is 4.74 Å². The fraction of sp³-hybridized carbons (Fsp3) is 0.346. The van der Waals surface area contributed by atoms with Crippen LogP contribution in [0.2, 0.25) is 0 Å². The Labute approximate surface area is 218 Å². The molecule has 2 amide bonds. The van der Waals surface area contributed by atoms with Crippen LogP contribution < -0.4 is 11.1 Å². The first-order valence-corrected chi connectivity index (χ1v) is 13.0. The molecule has 1 aliphatic heterocycles. The minimum atomic E-state index is -0.540. The first-order chi connectivity index (χ1) is 17.7. The van der Waals surface area contributed by atoms with Gasteiger partial charge in [-0.1, -0.05) is 12.1 Å². The lowest BCUT2D eigenvalue weighted by Gasteiger charge is -2.34. The Morgan fingerprint density at radius 3 is 2.84 bits per heavy atom. The first kappa shape index (κ1) is 24.7. The molecule has 3 N–H and O–H groups in total. The van der Waals surface area contributed by atoms with E-state index in [-0.39, 0.29) is 12.1 Å². The van der Waals surface area contributed by atoms with Gasteiger partial charge in [-0.3, -0.25) is 9.20 Å². The lowest BCUT2D eigenvalue weighted by Crippen LogP contribution is -2.47. The Morgan fingerprint density at radius 2 is 2.05 bits per heavy atom. The number of primary amides is 1. The number of nitrogens with zero attached hydrogens (tertiary/aromatic N) is 5. The number of piperidine rings is 1. The average molecular weight is 520 g/mol. The third-order valence-corrected chi connectivity index (χ3v) is 6.74. The number of nitrogens with two attached hydrogens (primary N) is 1. The molecular formula is C26H29N7O3S. The van der Waals surface area contributed by atoms with Gasteiger partial charge >= 0.3 is 6.09 Å². The number of ether oxygens (including phenoxy) is 1. The Kier molecular flexibility index (Phi) is 6.55. The van der Waals surface area contributed by atoms with Crippen LogP contribution in [-0.4, -0.2) is 61.0 Å². The van der Waals surface area contributed by atoms with E-state index in [1.165, 1.54) is 11.3 Å². The van der Waals surface area contributed by atoms with Crippen LogP contribution in [0.25, 0.3) is 27.6 Å². The van der Waals surface area contributed by atoms with Crippen molar-refractivity contribution in [3.63, 3.8) is 0 Å². The van der Waals surface area contributed by atoms with Gasteiger partial charge in [0.1, 0.15) is 11.3 Å². The van der Waals surface area contributed by atoms with E-state index in [1.807, 2.05) is 48.9 Å². The predicted octanol–water partition coefficient (Wildman–Crippen LogP) is 4.43. The zero-order chi connectivity index (χ0) is 26.2. The van der Waals surface area contributed by atoms with Gasteiger partial charge in [0.05, 0.1) is 11.4 Å². The van der Waals surface area contributed by atoms with Crippen LogP contribution in [0.1, 0.15) is 44.0 Å². The van der Waals surface area contributed by atoms with E-state index in [2.05, 4.69) is 10.3 Å². The molecule has 1 aromatic carbocycles. The number of hydrogen-bond acceptors (Lipinski definition) is 8. The predicted molar refractivity (Wildman–Crippen MR) is 143 cm³/mol. The summed E-state index contributed by atoms with van der Waals surface area (Å²) in [6.07, 6.45) is 5.08. The molecule has 4 heterocycles. The molecular weight excluding hydrogens is 490 g/mol. The summed E-state index contributed by atoms with van der Waals surface area (Å²) in [5.41, 5.74) is 8.33. The highest BCUT2D eigenvalue weighted by atomic mass is 32.1. The minimum Gasteiger partial charge on any atom is -0.444 e. The third kappa shape index (κ3) is 5.41. The van der Waals surface area contributed by atoms with E-state index in [0.717, 1.165) is 29.1 Å². The van der Waals surface area contributed by atoms with Gasteiger partial charge in [0.2, 0.25) is 11.9 Å². The van der Waals surface area contributed by atoms with Crippen molar-refractivity contribution in [3.05, 3.63) is 53.7 Å². The number of hydrogen-bond donors (Lipinski definition) is 2. The summed E-state index contributed by atoms with van der Waals surface area (Å²) in [5, 5.41) is 5.36. The maximum atomic E-state index is 12.6. The minimum absolute atomic E-state index is 0.00477. The molecule has 1 aliphatic rings. The van der Waals surface area contributed by atoms with Gasteiger partial charge < -0.3 is 20.7 Å². The van der Waals surface area contributed by atoms with E-state index in [1.54, 1.807) is 29.3 Å². The standard InChI is InChI=1S/C26H29N7O3S/c1-26(2,3)36-25(35)32-11-5-8-18(15-32)29-23-28-10-9-19(30-23)21-20(31-24-33(21)12-13-37-24)16-6-4-7-17(14-16)22(27)34/h4,6-7,9-10,12-14,18H,5,8,11,15H2,1-3H3,(H2,27,34)(H,28,29,30). The zero-order valence-electron chi connectivity index (χ0n) is 21.0. The molecule has 5 rings (SSSR count). The normalized spacial score (nSPS) is 16.1. The van der Waals surface area contributed by atoms with Gasteiger partial charge in [-0.2, -0.15) is 0 Å². The lowest BCUT2D eigenvalue weighted by molar-refractivity contribution is 0.0206. The van der Waals surface area contributed by atoms with Crippen molar-refractivity contribution in [1.29, 1.82) is 0 Å². The molecule has 4 aromatic rings. The van der Waals surface area contributed by atoms with Crippen LogP contribution in [0.15, 0.2) is 48.1 Å². The number of carbonyl (C=O) groups excluding carboxylic acids is 2. The number of nitrogens with one attached hydrogen (secondary N) is 1. The summed E-state index contributed by atoms with van der Waals surface area (Å²) in [6.45, 7) is 6.76. The van der Waals surface area contributed by atoms with Gasteiger partial charge in [0, 0.05) is 48.0 Å². The third-order valence-electron chi connectivity index (χ3n) is 5.99. The smallest absolute Gasteiger partial charge is 0.410 e. The van der Waals surface area contributed by atoms with Gasteiger partial charge in [0.15, 0.2) is 4.96 Å². The number of aromatic nitrogens is 4. The summed E-state index contributed by atoms with van der Waals surface area (Å²) in [5.74, 6) is -0.0265. The highest BCUT2D eigenvalue weighted by Gasteiger charge is 2.28. The Hall–Kier alpha value is -3.99. The highest BCUT2D eigenvalue weighted by molar-refractivity contribution is 7.15. The summed E-state index contributed by atoms with van der Waals surface area (Å²) in [4.78, 5) is 40.9. The Bertz CT molecular complexity index is 1460. The van der Waals surface area contributed by atoms with E-state index in [4.69, 9.17) is 20.4 Å². The first-order valence-electron chi connectivity index (χ1n) is 12.1. The summed E-state index contributed by atoms with van der Waals surface area (Å²) >= 11 is 1.51. The molecule has 0 saturated carbocycles. The zero-order valence-corrected chi connectivity index (χ0v) is 21.8. The molecule has 0 spiro atoms. The van der Waals surface area contributed by atoms with Crippen molar-refractivity contribution in [2.45, 2.75) is 45.3 Å². The second kappa shape index (κ2) is 9.81. The van der Waals surface area contributed by atoms with Crippen LogP contribution >= 0.6 is 11.3 Å². The number of carbonyl (C=O) groups is 2. The maximum absolute atomic E-state index is 12.6. The number of rotatable bonds is 5. The number of thiazole rings is 1. The van der Waals surface area contributed by atoms with Crippen molar-refractivity contribution in [2.24, 2.45) is 5.73 Å². The number of benzene rings is 1. The summed E-state index contributed by atoms with van der Waals surface area (Å²) < 4.78 is 7.53. The largest absolute Gasteiger partial charge is 0.444 e. The second-order valence-corrected chi connectivity index (χ2v) is 10.9. The number of imidazole rings is 1. The molecule has 192 valence electrons. The molecule has 0 bridgehead atoms. The second-order valence-electron chi connectivity index (χ2n) is 9.98. The quantitative estimate of drug-likeness (QED) is 0.399. The maximum Gasteiger partial charge on any atom is 0.410 e. The number of amides is 2. The monoisotopic (exact) mass is 519 g/mol. The molecule has 10 nitrogen and oxygen atoms in total. The average Bonchev–Trinajstić information content (AvgIpc) is 3.45. The van der Waals surface area contributed by atoms with Crippen molar-refractivity contribution >= 4 is 34.2 Å². The van der Waals surface area contributed by atoms with E-state index in [0.29, 0.717) is 36.0 Å². The van der Waals surface area contributed by atoms with E-state index >= 15 is 0 Å². The Balaban J connectivity index is 1.43. The molecule has 3 aromatic heterocycles. The summed E-state index contributed by atoms with van der Waals surface area (Å²) in [6, 6.07) is 8.94. The molecule has 1 fully saturated rings. The van der Waals surface area contributed by atoms with E-state index < -0.39 is 11.5 Å². The molecule has 1 atom stereocenters. The molecule has 37 heavy (non-hydrogen) atoms. The van der Waals surface area contributed by atoms with Crippen LogP contribution in [0.5, 0.6) is 0 Å². The fourth-order valence-corrected chi connectivity index (χ4v) is 5.10. The molecule has 11 heteroatoms. The van der Waals surface area contributed by atoms with Crippen molar-refractivity contribution in [3.8, 4) is 22.6 Å². The van der Waals surface area contributed by atoms with Crippen molar-refractivity contribution < 1.29 is 14.3 Å². The molecule has 1 unspecified atom stereocenters. The van der Waals surface area contributed by atoms with Crippen LogP contribution in [0.4, 0.5) is 10.7 Å². The van der Waals surface area contributed by atoms with Gasteiger partial charge in [-0.25, -0.2) is 19.7 Å². The number of fused-ring (bicyclic) bond motifs is 1. The Morgan fingerprint density at radius 1 is 1.22 bits per heavy atom. The van der Waals surface area contributed by atoms with E-state index in [9.17, 15) is 9.59 Å². The van der Waals surface area contributed by atoms with Gasteiger partial charge in [-0.05, 0) is 51.8 Å². The lowest BCUT2D eigenvalue weighted by atomic mass is 10.0. The van der Waals surface area contributed by atoms with Crippen molar-refractivity contribution in [1.82, 2.24) is 24.3 Å². The van der Waals surface area contributed by atoms with Crippen molar-refractivity contribution in [2.75, 3.05) is 18.4 Å². The molecule has 0 radical (unpaired) electrons. The number of anilines is 1. The SMILES string of the molecule is CC(C)(C)OC(=O)N1CCCC(Nc2nccc(-c3c(-c4cccc(C(N)=O)c4)nc4sccn34)n2)C1. The fourth-order valence-electron chi connectivity index (χ4n) is 4.38. The van der Waals surface area contributed by atoms with Gasteiger partial charge in [0.25, 0.3) is 0 Å². The summed E-state index contributed by atoms with van der Waals surface area (Å²) in [7, 11) is 0. The molecule has 1 saturated heterocycles. The molecule has 0 aliphatic carbocycles. The number of likely N-dealkylation sites (tertiary alicyclic amines) is 1. The van der Waals surface area contributed by atoms with Crippen LogP contribution in [0, 0.1) is 0 Å². The van der Waals surface area contributed by atoms with Crippen LogP contribution in [0.3, 0.4) is 0 Å². The highest BCUT2D eigenvalue weighted by Crippen LogP contribution is 2.34. The van der Waals surface area contributed by atoms with Gasteiger partial charge in [-0.15, -0.1) is 11.3 Å².